The van der Waals surface area contributed by atoms with Crippen LogP contribution < -0.4 is 10.6 Å². The Balaban J connectivity index is 1.61. The summed E-state index contributed by atoms with van der Waals surface area (Å²) < 4.78 is 5.27. The van der Waals surface area contributed by atoms with E-state index in [9.17, 15) is 14.4 Å². The first-order valence-electron chi connectivity index (χ1n) is 8.13. The zero-order valence-electron chi connectivity index (χ0n) is 13.0. The molecule has 3 amide bonds. The molecule has 2 heterocycles. The van der Waals surface area contributed by atoms with Crippen LogP contribution in [-0.2, 0) is 9.59 Å². The quantitative estimate of drug-likeness (QED) is 0.829. The maximum absolute atomic E-state index is 12.3. The van der Waals surface area contributed by atoms with Gasteiger partial charge < -0.3 is 9.84 Å². The summed E-state index contributed by atoms with van der Waals surface area (Å²) in [7, 11) is 0. The molecule has 1 saturated carbocycles. The minimum atomic E-state index is -0.534. The second kappa shape index (κ2) is 5.74. The van der Waals surface area contributed by atoms with Gasteiger partial charge in [-0.15, -0.1) is 0 Å². The van der Waals surface area contributed by atoms with Gasteiger partial charge in [-0.1, -0.05) is 5.16 Å². The number of rotatable bonds is 4. The number of fused-ring (bicyclic) bond motifs is 1. The summed E-state index contributed by atoms with van der Waals surface area (Å²) in [5.74, 6) is -0.713. The predicted molar refractivity (Wildman–Crippen MR) is 84.2 cm³/mol. The highest BCUT2D eigenvalue weighted by Crippen LogP contribution is 2.31. The van der Waals surface area contributed by atoms with Crippen LogP contribution in [0.1, 0.15) is 47.7 Å². The Morgan fingerprint density at radius 1 is 1.29 bits per heavy atom. The van der Waals surface area contributed by atoms with Gasteiger partial charge in [0.1, 0.15) is 5.69 Å². The monoisotopic (exact) mass is 327 g/mol. The molecule has 1 aromatic heterocycles. The van der Waals surface area contributed by atoms with Crippen LogP contribution in [0.2, 0.25) is 0 Å². The Labute approximate surface area is 137 Å². The number of carbonyl (C=O) groups is 3. The zero-order valence-corrected chi connectivity index (χ0v) is 13.0. The minimum Gasteiger partial charge on any atom is -0.356 e. The molecule has 2 N–H and O–H groups in total. The molecule has 0 bridgehead atoms. The smallest absolute Gasteiger partial charge is 0.251 e. The van der Waals surface area contributed by atoms with Crippen molar-refractivity contribution in [1.29, 1.82) is 0 Å². The lowest BCUT2D eigenvalue weighted by molar-refractivity contribution is -0.134. The van der Waals surface area contributed by atoms with E-state index in [2.05, 4.69) is 15.8 Å². The highest BCUT2D eigenvalue weighted by molar-refractivity contribution is 6.03. The van der Waals surface area contributed by atoms with Gasteiger partial charge >= 0.3 is 0 Å². The molecule has 124 valence electrons. The van der Waals surface area contributed by atoms with Gasteiger partial charge in [0.05, 0.1) is 5.92 Å². The average Bonchev–Trinajstić information content (AvgIpc) is 3.31. The first-order chi connectivity index (χ1) is 11.6. The van der Waals surface area contributed by atoms with Gasteiger partial charge in [0.15, 0.2) is 5.58 Å². The van der Waals surface area contributed by atoms with Crippen LogP contribution in [0.15, 0.2) is 22.7 Å². The van der Waals surface area contributed by atoms with Gasteiger partial charge in [-0.05, 0) is 43.4 Å². The van der Waals surface area contributed by atoms with Crippen LogP contribution in [0.5, 0.6) is 0 Å². The minimum absolute atomic E-state index is 0.140. The molecule has 2 fully saturated rings. The molecule has 0 radical (unpaired) electrons. The van der Waals surface area contributed by atoms with Gasteiger partial charge in [0.2, 0.25) is 11.8 Å². The standard InChI is InChI=1S/C17H17N3O4/c21-14-6-4-11(17(23)19-14)15-12-7-10(3-5-13(12)24-20-15)16(22)18-8-9-1-2-9/h3,5,7,9,11H,1-2,4,6,8H2,(H,18,22)(H,19,21,23). The third-order valence-corrected chi connectivity index (χ3v) is 4.58. The van der Waals surface area contributed by atoms with Crippen molar-refractivity contribution in [3.63, 3.8) is 0 Å². The third-order valence-electron chi connectivity index (χ3n) is 4.58. The van der Waals surface area contributed by atoms with Gasteiger partial charge in [-0.2, -0.15) is 0 Å². The number of amides is 3. The molecular weight excluding hydrogens is 310 g/mol. The fourth-order valence-electron chi connectivity index (χ4n) is 2.97. The molecule has 1 aromatic carbocycles. The summed E-state index contributed by atoms with van der Waals surface area (Å²) in [4.78, 5) is 35.6. The van der Waals surface area contributed by atoms with Crippen LogP contribution in [0.4, 0.5) is 0 Å². The molecular formula is C17H17N3O4. The molecule has 1 aliphatic heterocycles. The van der Waals surface area contributed by atoms with Crippen molar-refractivity contribution < 1.29 is 18.9 Å². The number of hydrogen-bond acceptors (Lipinski definition) is 5. The maximum atomic E-state index is 12.3. The first kappa shape index (κ1) is 14.9. The summed E-state index contributed by atoms with van der Waals surface area (Å²) in [5.41, 5.74) is 1.51. The molecule has 1 saturated heterocycles. The lowest BCUT2D eigenvalue weighted by Crippen LogP contribution is -2.39. The molecule has 1 aliphatic carbocycles. The molecule has 4 rings (SSSR count). The van der Waals surface area contributed by atoms with Gasteiger partial charge in [-0.3, -0.25) is 19.7 Å². The molecule has 1 atom stereocenters. The number of nitrogens with zero attached hydrogens (tertiary/aromatic N) is 1. The Morgan fingerprint density at radius 2 is 2.12 bits per heavy atom. The van der Waals surface area contributed by atoms with Crippen LogP contribution in [0.25, 0.3) is 11.0 Å². The van der Waals surface area contributed by atoms with Crippen LogP contribution in [0, 0.1) is 5.92 Å². The second-order valence-corrected chi connectivity index (χ2v) is 6.44. The second-order valence-electron chi connectivity index (χ2n) is 6.44. The van der Waals surface area contributed by atoms with Gasteiger partial charge in [-0.25, -0.2) is 0 Å². The Kier molecular flexibility index (Phi) is 3.55. The molecule has 7 nitrogen and oxygen atoms in total. The highest BCUT2D eigenvalue weighted by Gasteiger charge is 2.32. The van der Waals surface area contributed by atoms with E-state index in [1.807, 2.05) is 0 Å². The van der Waals surface area contributed by atoms with Crippen molar-refractivity contribution in [3.8, 4) is 0 Å². The summed E-state index contributed by atoms with van der Waals surface area (Å²) >= 11 is 0. The molecule has 1 unspecified atom stereocenters. The molecule has 0 spiro atoms. The summed E-state index contributed by atoms with van der Waals surface area (Å²) in [5, 5.41) is 9.88. The Morgan fingerprint density at radius 3 is 2.88 bits per heavy atom. The lowest BCUT2D eigenvalue weighted by atomic mass is 9.92. The van der Waals surface area contributed by atoms with Crippen LogP contribution >= 0.6 is 0 Å². The van der Waals surface area contributed by atoms with E-state index in [1.165, 1.54) is 12.8 Å². The molecule has 24 heavy (non-hydrogen) atoms. The number of nitrogens with one attached hydrogen (secondary N) is 2. The Bertz CT molecular complexity index is 837. The van der Waals surface area contributed by atoms with E-state index in [0.717, 1.165) is 0 Å². The van der Waals surface area contributed by atoms with E-state index >= 15 is 0 Å². The number of carbonyl (C=O) groups excluding carboxylic acids is 3. The number of hydrogen-bond donors (Lipinski definition) is 2. The van der Waals surface area contributed by atoms with Crippen LogP contribution in [0.3, 0.4) is 0 Å². The van der Waals surface area contributed by atoms with Crippen molar-refractivity contribution in [2.24, 2.45) is 5.92 Å². The number of aromatic nitrogens is 1. The van der Waals surface area contributed by atoms with Crippen LogP contribution in [-0.4, -0.2) is 29.4 Å². The van der Waals surface area contributed by atoms with E-state index in [1.54, 1.807) is 18.2 Å². The molecule has 7 heteroatoms. The summed E-state index contributed by atoms with van der Waals surface area (Å²) in [6.07, 6.45) is 3.01. The number of imide groups is 1. The SMILES string of the molecule is O=C1CCC(c2noc3ccc(C(=O)NCC4CC4)cc23)C(=O)N1. The average molecular weight is 327 g/mol. The lowest BCUT2D eigenvalue weighted by Gasteiger charge is -2.18. The van der Waals surface area contributed by atoms with Crippen molar-refractivity contribution in [3.05, 3.63) is 29.5 Å². The van der Waals surface area contributed by atoms with Crippen molar-refractivity contribution in [2.75, 3.05) is 6.54 Å². The normalized spacial score (nSPS) is 20.9. The largest absolute Gasteiger partial charge is 0.356 e. The van der Waals surface area contributed by atoms with Crippen molar-refractivity contribution >= 4 is 28.7 Å². The fraction of sp³-hybridized carbons (Fsp3) is 0.412. The zero-order chi connectivity index (χ0) is 16.7. The van der Waals surface area contributed by atoms with E-state index in [4.69, 9.17) is 4.52 Å². The van der Waals surface area contributed by atoms with Gasteiger partial charge in [0, 0.05) is 23.9 Å². The fourth-order valence-corrected chi connectivity index (χ4v) is 2.97. The summed E-state index contributed by atoms with van der Waals surface area (Å²) in [6.45, 7) is 0.695. The van der Waals surface area contributed by atoms with Crippen molar-refractivity contribution in [1.82, 2.24) is 15.8 Å². The highest BCUT2D eigenvalue weighted by atomic mass is 16.5. The molecule has 2 aliphatic rings. The third kappa shape index (κ3) is 2.77. The molecule has 2 aromatic rings. The Hall–Kier alpha value is -2.70. The van der Waals surface area contributed by atoms with Gasteiger partial charge in [0.25, 0.3) is 5.91 Å². The topological polar surface area (TPSA) is 101 Å². The van der Waals surface area contributed by atoms with E-state index in [-0.39, 0.29) is 24.1 Å². The maximum Gasteiger partial charge on any atom is 0.251 e. The van der Waals surface area contributed by atoms with Crippen molar-refractivity contribution in [2.45, 2.75) is 31.6 Å². The first-order valence-corrected chi connectivity index (χ1v) is 8.13. The van der Waals surface area contributed by atoms with E-state index < -0.39 is 5.92 Å². The predicted octanol–water partition coefficient (Wildman–Crippen LogP) is 1.49. The number of benzene rings is 1. The number of piperidine rings is 1. The van der Waals surface area contributed by atoms with E-state index in [0.29, 0.717) is 41.1 Å². The summed E-state index contributed by atoms with van der Waals surface area (Å²) in [6, 6.07) is 5.07.